The van der Waals surface area contributed by atoms with Crippen molar-refractivity contribution in [2.75, 3.05) is 18.5 Å². The lowest BCUT2D eigenvalue weighted by molar-refractivity contribution is 0.104. The minimum absolute atomic E-state index is 0.245. The van der Waals surface area contributed by atoms with E-state index < -0.39 is 6.16 Å². The van der Waals surface area contributed by atoms with Gasteiger partial charge in [-0.25, -0.2) is 9.59 Å². The van der Waals surface area contributed by atoms with Crippen LogP contribution >= 0.6 is 11.6 Å². The Morgan fingerprint density at radius 3 is 2.36 bits per heavy atom. The average Bonchev–Trinajstić information content (AvgIpc) is 2.59. The SMILES string of the molecule is CCOC(=O)Oc1ccc(NC(=O)NCCc2ccc(Cl)cc2)cc1. The van der Waals surface area contributed by atoms with Gasteiger partial charge >= 0.3 is 12.2 Å². The van der Waals surface area contributed by atoms with Gasteiger partial charge < -0.3 is 20.1 Å². The van der Waals surface area contributed by atoms with Crippen LogP contribution in [-0.2, 0) is 11.2 Å². The molecule has 0 unspecified atom stereocenters. The summed E-state index contributed by atoms with van der Waals surface area (Å²) >= 11 is 5.83. The Morgan fingerprint density at radius 2 is 1.72 bits per heavy atom. The highest BCUT2D eigenvalue weighted by Crippen LogP contribution is 2.16. The maximum Gasteiger partial charge on any atom is 0.513 e. The van der Waals surface area contributed by atoms with Crippen LogP contribution in [0.4, 0.5) is 15.3 Å². The van der Waals surface area contributed by atoms with Crippen molar-refractivity contribution in [3.8, 4) is 5.75 Å². The van der Waals surface area contributed by atoms with Gasteiger partial charge in [0.15, 0.2) is 0 Å². The number of hydrogen-bond donors (Lipinski definition) is 2. The van der Waals surface area contributed by atoms with Crippen LogP contribution in [0.3, 0.4) is 0 Å². The molecule has 0 aliphatic rings. The van der Waals surface area contributed by atoms with Gasteiger partial charge in [-0.2, -0.15) is 0 Å². The number of ether oxygens (including phenoxy) is 2. The number of rotatable bonds is 6. The van der Waals surface area contributed by atoms with E-state index in [9.17, 15) is 9.59 Å². The molecule has 0 bridgehead atoms. The van der Waals surface area contributed by atoms with Crippen molar-refractivity contribution in [3.05, 3.63) is 59.1 Å². The summed E-state index contributed by atoms with van der Waals surface area (Å²) in [5.41, 5.74) is 1.67. The number of anilines is 1. The summed E-state index contributed by atoms with van der Waals surface area (Å²) in [6, 6.07) is 13.6. The van der Waals surface area contributed by atoms with Gasteiger partial charge in [0.2, 0.25) is 0 Å². The first kappa shape index (κ1) is 18.6. The van der Waals surface area contributed by atoms with E-state index >= 15 is 0 Å². The molecule has 0 aliphatic heterocycles. The molecule has 0 aliphatic carbocycles. The molecule has 0 spiro atoms. The lowest BCUT2D eigenvalue weighted by atomic mass is 10.1. The number of benzene rings is 2. The molecule has 0 radical (unpaired) electrons. The molecule has 7 heteroatoms. The quantitative estimate of drug-likeness (QED) is 0.595. The number of urea groups is 1. The van der Waals surface area contributed by atoms with Crippen molar-refractivity contribution in [3.63, 3.8) is 0 Å². The summed E-state index contributed by atoms with van der Waals surface area (Å²) < 4.78 is 9.62. The Balaban J connectivity index is 1.74. The van der Waals surface area contributed by atoms with Crippen LogP contribution < -0.4 is 15.4 Å². The third-order valence-corrected chi connectivity index (χ3v) is 3.44. The molecular formula is C18H19ClN2O4. The predicted octanol–water partition coefficient (Wildman–Crippen LogP) is 4.24. The van der Waals surface area contributed by atoms with E-state index in [2.05, 4.69) is 15.4 Å². The van der Waals surface area contributed by atoms with Crippen LogP contribution in [-0.4, -0.2) is 25.3 Å². The molecule has 0 saturated heterocycles. The minimum atomic E-state index is -0.761. The number of halogens is 1. The molecule has 6 nitrogen and oxygen atoms in total. The Bertz CT molecular complexity index is 702. The average molecular weight is 363 g/mol. The topological polar surface area (TPSA) is 76.7 Å². The van der Waals surface area contributed by atoms with Crippen molar-refractivity contribution in [1.82, 2.24) is 5.32 Å². The van der Waals surface area contributed by atoms with E-state index in [-0.39, 0.29) is 12.6 Å². The van der Waals surface area contributed by atoms with Gasteiger partial charge in [0.1, 0.15) is 5.75 Å². The van der Waals surface area contributed by atoms with Crippen molar-refractivity contribution >= 4 is 29.5 Å². The fourth-order valence-electron chi connectivity index (χ4n) is 2.00. The number of hydrogen-bond acceptors (Lipinski definition) is 4. The Kier molecular flexibility index (Phi) is 7.10. The van der Waals surface area contributed by atoms with Crippen molar-refractivity contribution in [1.29, 1.82) is 0 Å². The minimum Gasteiger partial charge on any atom is -0.434 e. The zero-order chi connectivity index (χ0) is 18.1. The van der Waals surface area contributed by atoms with Gasteiger partial charge in [-0.3, -0.25) is 0 Å². The number of amides is 2. The molecule has 0 atom stereocenters. The first-order chi connectivity index (χ1) is 12.1. The highest BCUT2D eigenvalue weighted by molar-refractivity contribution is 6.30. The van der Waals surface area contributed by atoms with Crippen LogP contribution in [0.5, 0.6) is 5.75 Å². The second kappa shape index (κ2) is 9.54. The van der Waals surface area contributed by atoms with Gasteiger partial charge in [-0.05, 0) is 55.3 Å². The second-order valence-corrected chi connectivity index (χ2v) is 5.50. The van der Waals surface area contributed by atoms with Crippen molar-refractivity contribution in [2.24, 2.45) is 0 Å². The van der Waals surface area contributed by atoms with E-state index in [0.29, 0.717) is 29.4 Å². The molecule has 25 heavy (non-hydrogen) atoms. The summed E-state index contributed by atoms with van der Waals surface area (Å²) in [5, 5.41) is 6.15. The molecular weight excluding hydrogens is 344 g/mol. The molecule has 132 valence electrons. The van der Waals surface area contributed by atoms with Gasteiger partial charge in [-0.1, -0.05) is 23.7 Å². The summed E-state index contributed by atoms with van der Waals surface area (Å²) in [6.45, 7) is 2.44. The third kappa shape index (κ3) is 6.73. The predicted molar refractivity (Wildman–Crippen MR) is 96.3 cm³/mol. The molecule has 2 rings (SSSR count). The summed E-state index contributed by atoms with van der Waals surface area (Å²) in [5.74, 6) is 0.340. The van der Waals surface area contributed by atoms with Crippen LogP contribution in [0, 0.1) is 0 Å². The smallest absolute Gasteiger partial charge is 0.434 e. The van der Waals surface area contributed by atoms with E-state index in [1.165, 1.54) is 0 Å². The monoisotopic (exact) mass is 362 g/mol. The molecule has 2 N–H and O–H groups in total. The Hall–Kier alpha value is -2.73. The lowest BCUT2D eigenvalue weighted by Crippen LogP contribution is -2.30. The fraction of sp³-hybridized carbons (Fsp3) is 0.222. The molecule has 0 aromatic heterocycles. The van der Waals surface area contributed by atoms with Crippen molar-refractivity contribution < 1.29 is 19.1 Å². The van der Waals surface area contributed by atoms with Gasteiger partial charge in [0.25, 0.3) is 0 Å². The highest BCUT2D eigenvalue weighted by atomic mass is 35.5. The zero-order valence-corrected chi connectivity index (χ0v) is 14.5. The number of carbonyl (C=O) groups excluding carboxylic acids is 2. The highest BCUT2D eigenvalue weighted by Gasteiger charge is 2.06. The van der Waals surface area contributed by atoms with Gasteiger partial charge in [0.05, 0.1) is 6.61 Å². The Labute approximate surface area is 151 Å². The molecule has 2 aromatic carbocycles. The van der Waals surface area contributed by atoms with E-state index in [1.807, 2.05) is 24.3 Å². The van der Waals surface area contributed by atoms with Crippen LogP contribution in [0.25, 0.3) is 0 Å². The summed E-state index contributed by atoms with van der Waals surface area (Å²) in [4.78, 5) is 23.1. The number of nitrogens with one attached hydrogen (secondary N) is 2. The molecule has 2 aromatic rings. The van der Waals surface area contributed by atoms with Gasteiger partial charge in [0, 0.05) is 17.3 Å². The fourth-order valence-corrected chi connectivity index (χ4v) is 2.12. The van der Waals surface area contributed by atoms with Crippen LogP contribution in [0.2, 0.25) is 5.02 Å². The first-order valence-corrected chi connectivity index (χ1v) is 8.18. The first-order valence-electron chi connectivity index (χ1n) is 7.81. The number of carbonyl (C=O) groups is 2. The largest absolute Gasteiger partial charge is 0.513 e. The standard InChI is InChI=1S/C18H19ClN2O4/c1-2-24-18(23)25-16-9-7-15(8-10-16)21-17(22)20-12-11-13-3-5-14(19)6-4-13/h3-10H,2,11-12H2,1H3,(H2,20,21,22). The maximum absolute atomic E-state index is 11.9. The Morgan fingerprint density at radius 1 is 1.04 bits per heavy atom. The normalized spacial score (nSPS) is 10.0. The third-order valence-electron chi connectivity index (χ3n) is 3.19. The van der Waals surface area contributed by atoms with E-state index in [0.717, 1.165) is 5.56 Å². The molecule has 0 fully saturated rings. The molecule has 0 heterocycles. The maximum atomic E-state index is 11.9. The van der Waals surface area contributed by atoms with E-state index in [1.54, 1.807) is 31.2 Å². The lowest BCUT2D eigenvalue weighted by Gasteiger charge is -2.09. The summed E-state index contributed by atoms with van der Waals surface area (Å²) in [7, 11) is 0. The molecule has 0 saturated carbocycles. The second-order valence-electron chi connectivity index (χ2n) is 5.07. The molecule has 2 amide bonds. The van der Waals surface area contributed by atoms with Crippen LogP contribution in [0.1, 0.15) is 12.5 Å². The zero-order valence-electron chi connectivity index (χ0n) is 13.8. The summed E-state index contributed by atoms with van der Waals surface area (Å²) in [6.07, 6.45) is -0.0557. The van der Waals surface area contributed by atoms with Crippen LogP contribution in [0.15, 0.2) is 48.5 Å². The van der Waals surface area contributed by atoms with E-state index in [4.69, 9.17) is 16.3 Å². The van der Waals surface area contributed by atoms with Crippen molar-refractivity contribution in [2.45, 2.75) is 13.3 Å². The van der Waals surface area contributed by atoms with Gasteiger partial charge in [-0.15, -0.1) is 0 Å².